The molecule has 0 aliphatic heterocycles. The molecule has 1 aromatic carbocycles. The molecule has 1 fully saturated rings. The van der Waals surface area contributed by atoms with Gasteiger partial charge in [-0.05, 0) is 49.8 Å². The zero-order valence-electron chi connectivity index (χ0n) is 10.1. The highest BCUT2D eigenvalue weighted by Gasteiger charge is 2.20. The van der Waals surface area contributed by atoms with E-state index >= 15 is 0 Å². The summed E-state index contributed by atoms with van der Waals surface area (Å²) in [6, 6.07) is 6.24. The number of rotatable bonds is 3. The second-order valence-corrected chi connectivity index (χ2v) is 6.36. The first-order chi connectivity index (χ1) is 8.19. The topological polar surface area (TPSA) is 9.23 Å². The predicted molar refractivity (Wildman–Crippen MR) is 78.8 cm³/mol. The molecule has 0 bridgehead atoms. The molecule has 0 heterocycles. The second kappa shape index (κ2) is 6.24. The molecule has 94 valence electrons. The SMILES string of the molecule is CC1CCC(Oc2ccc(Br)cc2CBr)CC1. The van der Waals surface area contributed by atoms with Crippen molar-refractivity contribution in [2.45, 2.75) is 44.0 Å². The van der Waals surface area contributed by atoms with Crippen molar-refractivity contribution in [1.82, 2.24) is 0 Å². The van der Waals surface area contributed by atoms with E-state index in [-0.39, 0.29) is 0 Å². The van der Waals surface area contributed by atoms with Crippen molar-refractivity contribution in [2.75, 3.05) is 0 Å². The maximum Gasteiger partial charge on any atom is 0.123 e. The zero-order chi connectivity index (χ0) is 12.3. The standard InChI is InChI=1S/C14H18Br2O/c1-10-2-5-13(6-3-10)17-14-7-4-12(16)8-11(14)9-15/h4,7-8,10,13H,2-3,5-6,9H2,1H3. The third-order valence-corrected chi connectivity index (χ3v) is 4.52. The first kappa shape index (κ1) is 13.4. The number of hydrogen-bond donors (Lipinski definition) is 0. The van der Waals surface area contributed by atoms with E-state index < -0.39 is 0 Å². The molecule has 0 saturated heterocycles. The second-order valence-electron chi connectivity index (χ2n) is 4.89. The van der Waals surface area contributed by atoms with Gasteiger partial charge in [0.1, 0.15) is 5.75 Å². The van der Waals surface area contributed by atoms with Gasteiger partial charge in [0, 0.05) is 15.4 Å². The molecule has 0 radical (unpaired) electrons. The van der Waals surface area contributed by atoms with Crippen LogP contribution in [0, 0.1) is 5.92 Å². The Kier molecular flexibility index (Phi) is 4.92. The van der Waals surface area contributed by atoms with Crippen LogP contribution in [0.3, 0.4) is 0 Å². The molecule has 0 spiro atoms. The summed E-state index contributed by atoms with van der Waals surface area (Å²) < 4.78 is 7.24. The molecule has 1 aromatic rings. The highest BCUT2D eigenvalue weighted by Crippen LogP contribution is 2.31. The molecule has 1 aliphatic rings. The molecule has 0 N–H and O–H groups in total. The fourth-order valence-corrected chi connectivity index (χ4v) is 3.14. The first-order valence-electron chi connectivity index (χ1n) is 6.20. The third-order valence-electron chi connectivity index (χ3n) is 3.42. The van der Waals surface area contributed by atoms with Crippen LogP contribution in [0.25, 0.3) is 0 Å². The number of alkyl halides is 1. The molecular formula is C14H18Br2O. The van der Waals surface area contributed by atoms with Crippen molar-refractivity contribution in [2.24, 2.45) is 5.92 Å². The summed E-state index contributed by atoms with van der Waals surface area (Å²) in [4.78, 5) is 0. The summed E-state index contributed by atoms with van der Waals surface area (Å²) >= 11 is 7.01. The molecule has 1 saturated carbocycles. The quantitative estimate of drug-likeness (QED) is 0.663. The van der Waals surface area contributed by atoms with Gasteiger partial charge in [0.05, 0.1) is 6.10 Å². The van der Waals surface area contributed by atoms with Crippen molar-refractivity contribution in [1.29, 1.82) is 0 Å². The van der Waals surface area contributed by atoms with E-state index in [0.717, 1.165) is 21.5 Å². The van der Waals surface area contributed by atoms with E-state index in [0.29, 0.717) is 6.10 Å². The van der Waals surface area contributed by atoms with E-state index in [1.165, 1.54) is 31.2 Å². The molecule has 2 rings (SSSR count). The van der Waals surface area contributed by atoms with Crippen molar-refractivity contribution in [3.05, 3.63) is 28.2 Å². The summed E-state index contributed by atoms with van der Waals surface area (Å²) in [6.45, 7) is 2.33. The van der Waals surface area contributed by atoms with E-state index in [2.05, 4.69) is 50.9 Å². The lowest BCUT2D eigenvalue weighted by Crippen LogP contribution is -2.23. The number of benzene rings is 1. The van der Waals surface area contributed by atoms with Gasteiger partial charge in [0.2, 0.25) is 0 Å². The van der Waals surface area contributed by atoms with Crippen molar-refractivity contribution in [3.63, 3.8) is 0 Å². The number of halogens is 2. The van der Waals surface area contributed by atoms with Crippen LogP contribution in [-0.4, -0.2) is 6.10 Å². The Hall–Kier alpha value is -0.0200. The average Bonchev–Trinajstić information content (AvgIpc) is 2.34. The molecule has 1 nitrogen and oxygen atoms in total. The summed E-state index contributed by atoms with van der Waals surface area (Å²) in [5.41, 5.74) is 1.22. The Morgan fingerprint density at radius 3 is 2.59 bits per heavy atom. The van der Waals surface area contributed by atoms with E-state index in [1.54, 1.807) is 0 Å². The van der Waals surface area contributed by atoms with Crippen molar-refractivity contribution >= 4 is 31.9 Å². The highest BCUT2D eigenvalue weighted by atomic mass is 79.9. The van der Waals surface area contributed by atoms with Crippen LogP contribution in [-0.2, 0) is 5.33 Å². The van der Waals surface area contributed by atoms with Crippen LogP contribution in [0.15, 0.2) is 22.7 Å². The van der Waals surface area contributed by atoms with Gasteiger partial charge in [-0.3, -0.25) is 0 Å². The summed E-state index contributed by atoms with van der Waals surface area (Å²) in [7, 11) is 0. The molecule has 0 aromatic heterocycles. The fourth-order valence-electron chi connectivity index (χ4n) is 2.29. The normalized spacial score (nSPS) is 24.6. The summed E-state index contributed by atoms with van der Waals surface area (Å²) in [5.74, 6) is 1.90. The molecule has 0 unspecified atom stereocenters. The fraction of sp³-hybridized carbons (Fsp3) is 0.571. The molecule has 0 atom stereocenters. The minimum absolute atomic E-state index is 0.408. The lowest BCUT2D eigenvalue weighted by atomic mass is 9.89. The summed E-state index contributed by atoms with van der Waals surface area (Å²) in [6.07, 6.45) is 5.39. The molecular weight excluding hydrogens is 344 g/mol. The van der Waals surface area contributed by atoms with Gasteiger partial charge < -0.3 is 4.74 Å². The maximum atomic E-state index is 6.13. The lowest BCUT2D eigenvalue weighted by Gasteiger charge is -2.27. The first-order valence-corrected chi connectivity index (χ1v) is 8.11. The van der Waals surface area contributed by atoms with Gasteiger partial charge in [0.15, 0.2) is 0 Å². The van der Waals surface area contributed by atoms with Crippen LogP contribution in [0.4, 0.5) is 0 Å². The van der Waals surface area contributed by atoms with Crippen LogP contribution >= 0.6 is 31.9 Å². The Morgan fingerprint density at radius 2 is 1.94 bits per heavy atom. The van der Waals surface area contributed by atoms with Crippen LogP contribution in [0.5, 0.6) is 5.75 Å². The molecule has 1 aliphatic carbocycles. The minimum Gasteiger partial charge on any atom is -0.490 e. The highest BCUT2D eigenvalue weighted by molar-refractivity contribution is 9.10. The molecule has 0 amide bonds. The monoisotopic (exact) mass is 360 g/mol. The van der Waals surface area contributed by atoms with Crippen molar-refractivity contribution < 1.29 is 4.74 Å². The van der Waals surface area contributed by atoms with Gasteiger partial charge in [-0.25, -0.2) is 0 Å². The third kappa shape index (κ3) is 3.72. The van der Waals surface area contributed by atoms with Crippen LogP contribution in [0.2, 0.25) is 0 Å². The Labute approximate surface area is 120 Å². The molecule has 17 heavy (non-hydrogen) atoms. The van der Waals surface area contributed by atoms with Crippen molar-refractivity contribution in [3.8, 4) is 5.75 Å². The maximum absolute atomic E-state index is 6.13. The number of hydrogen-bond acceptors (Lipinski definition) is 1. The van der Waals surface area contributed by atoms with Gasteiger partial charge in [0.25, 0.3) is 0 Å². The van der Waals surface area contributed by atoms with Gasteiger partial charge in [-0.1, -0.05) is 38.8 Å². The van der Waals surface area contributed by atoms with E-state index in [4.69, 9.17) is 4.74 Å². The lowest BCUT2D eigenvalue weighted by molar-refractivity contribution is 0.134. The van der Waals surface area contributed by atoms with E-state index in [1.807, 2.05) is 6.07 Å². The number of ether oxygens (including phenoxy) is 1. The van der Waals surface area contributed by atoms with Gasteiger partial charge >= 0.3 is 0 Å². The Balaban J connectivity index is 2.03. The van der Waals surface area contributed by atoms with Crippen LogP contribution in [0.1, 0.15) is 38.2 Å². The summed E-state index contributed by atoms with van der Waals surface area (Å²) in [5, 5.41) is 0.838. The minimum atomic E-state index is 0.408. The Morgan fingerprint density at radius 1 is 1.24 bits per heavy atom. The van der Waals surface area contributed by atoms with Crippen LogP contribution < -0.4 is 4.74 Å². The predicted octanol–water partition coefficient (Wildman–Crippen LogP) is 5.30. The molecule has 3 heteroatoms. The zero-order valence-corrected chi connectivity index (χ0v) is 13.3. The van der Waals surface area contributed by atoms with Gasteiger partial charge in [-0.15, -0.1) is 0 Å². The smallest absolute Gasteiger partial charge is 0.123 e. The Bertz CT molecular complexity index is 370. The average molecular weight is 362 g/mol. The van der Waals surface area contributed by atoms with Gasteiger partial charge in [-0.2, -0.15) is 0 Å². The van der Waals surface area contributed by atoms with E-state index in [9.17, 15) is 0 Å². The largest absolute Gasteiger partial charge is 0.490 e.